The van der Waals surface area contributed by atoms with E-state index in [0.717, 1.165) is 0 Å². The number of nitrogens with one attached hydrogen (secondary N) is 1. The summed E-state index contributed by atoms with van der Waals surface area (Å²) in [5.74, 6) is 0. The van der Waals surface area contributed by atoms with E-state index >= 15 is 0 Å². The van der Waals surface area contributed by atoms with Gasteiger partial charge in [-0.25, -0.2) is 21.9 Å². The third-order valence-electron chi connectivity index (χ3n) is 2.77. The Bertz CT molecular complexity index is 530. The Morgan fingerprint density at radius 3 is 2.33 bits per heavy atom. The van der Waals surface area contributed by atoms with Gasteiger partial charge in [0.1, 0.15) is 0 Å². The van der Waals surface area contributed by atoms with Crippen LogP contribution in [0, 0.1) is 20.8 Å². The number of rotatable bonds is 4. The van der Waals surface area contributed by atoms with Crippen LogP contribution in [0.4, 0.5) is 14.5 Å². The highest BCUT2D eigenvalue weighted by molar-refractivity contribution is 7.89. The second-order valence-corrected chi connectivity index (χ2v) is 5.81. The summed E-state index contributed by atoms with van der Waals surface area (Å²) in [6.45, 7) is 3.99. The number of alkyl halides is 2. The molecule has 0 saturated heterocycles. The molecule has 1 aromatic rings. The fraction of sp³-hybridized carbons (Fsp3) is 0.455. The van der Waals surface area contributed by atoms with Crippen LogP contribution < -0.4 is 10.5 Å². The predicted molar refractivity (Wildman–Crippen MR) is 66.3 cm³/mol. The highest BCUT2D eigenvalue weighted by Gasteiger charge is 2.23. The molecular formula is C11H16F2N2O2S. The van der Waals surface area contributed by atoms with Gasteiger partial charge in [0.25, 0.3) is 6.43 Å². The highest BCUT2D eigenvalue weighted by atomic mass is 32.2. The Morgan fingerprint density at radius 1 is 1.28 bits per heavy atom. The zero-order valence-electron chi connectivity index (χ0n) is 10.4. The van der Waals surface area contributed by atoms with Crippen molar-refractivity contribution in [3.63, 3.8) is 0 Å². The molecule has 1 rings (SSSR count). The minimum Gasteiger partial charge on any atom is -0.398 e. The summed E-state index contributed by atoms with van der Waals surface area (Å²) in [4.78, 5) is -0.0133. The van der Waals surface area contributed by atoms with Crippen LogP contribution in [0.15, 0.2) is 11.0 Å². The topological polar surface area (TPSA) is 72.2 Å². The minimum absolute atomic E-state index is 0.0133. The number of aryl methyl sites for hydroxylation is 1. The molecule has 3 N–H and O–H groups in total. The summed E-state index contributed by atoms with van der Waals surface area (Å²) in [5, 5.41) is 0. The molecule has 102 valence electrons. The molecule has 0 unspecified atom stereocenters. The standard InChI is InChI=1S/C11H16F2N2O2S/c1-6-4-9(14)8(3)11(7(6)2)18(16,17)15-5-10(12)13/h4,10,15H,5,14H2,1-3H3. The van der Waals surface area contributed by atoms with Crippen LogP contribution in [-0.2, 0) is 10.0 Å². The van der Waals surface area contributed by atoms with E-state index < -0.39 is 23.0 Å². The lowest BCUT2D eigenvalue weighted by Gasteiger charge is -2.15. The Labute approximate surface area is 105 Å². The third-order valence-corrected chi connectivity index (χ3v) is 4.47. The fourth-order valence-corrected chi connectivity index (χ4v) is 3.26. The van der Waals surface area contributed by atoms with Gasteiger partial charge in [-0.05, 0) is 43.5 Å². The van der Waals surface area contributed by atoms with Crippen molar-refractivity contribution in [3.8, 4) is 0 Å². The van der Waals surface area contributed by atoms with E-state index in [2.05, 4.69) is 0 Å². The Hall–Kier alpha value is -1.21. The number of hydrogen-bond acceptors (Lipinski definition) is 3. The first-order valence-corrected chi connectivity index (χ1v) is 6.79. The van der Waals surface area contributed by atoms with Gasteiger partial charge in [0, 0.05) is 5.69 Å². The smallest absolute Gasteiger partial charge is 0.251 e. The van der Waals surface area contributed by atoms with E-state index in [4.69, 9.17) is 5.73 Å². The molecular weight excluding hydrogens is 262 g/mol. The van der Waals surface area contributed by atoms with E-state index in [1.807, 2.05) is 4.72 Å². The zero-order valence-corrected chi connectivity index (χ0v) is 11.2. The summed E-state index contributed by atoms with van der Waals surface area (Å²) in [5.41, 5.74) is 7.63. The van der Waals surface area contributed by atoms with E-state index in [1.54, 1.807) is 26.8 Å². The number of nitrogen functional groups attached to an aromatic ring is 1. The van der Waals surface area contributed by atoms with Crippen molar-refractivity contribution >= 4 is 15.7 Å². The van der Waals surface area contributed by atoms with Crippen molar-refractivity contribution in [1.82, 2.24) is 4.72 Å². The van der Waals surface area contributed by atoms with Crippen LogP contribution in [0.1, 0.15) is 16.7 Å². The number of anilines is 1. The maximum absolute atomic E-state index is 12.1. The molecule has 0 atom stereocenters. The van der Waals surface area contributed by atoms with E-state index in [0.29, 0.717) is 22.4 Å². The van der Waals surface area contributed by atoms with Gasteiger partial charge in [-0.3, -0.25) is 0 Å². The average Bonchev–Trinajstić information content (AvgIpc) is 2.24. The molecule has 0 amide bonds. The van der Waals surface area contributed by atoms with Gasteiger partial charge in [-0.2, -0.15) is 0 Å². The first-order valence-electron chi connectivity index (χ1n) is 5.31. The molecule has 18 heavy (non-hydrogen) atoms. The molecule has 0 aliphatic carbocycles. The van der Waals surface area contributed by atoms with Crippen LogP contribution in [0.5, 0.6) is 0 Å². The maximum Gasteiger partial charge on any atom is 0.251 e. The fourth-order valence-electron chi connectivity index (χ4n) is 1.69. The molecule has 0 spiro atoms. The van der Waals surface area contributed by atoms with Crippen molar-refractivity contribution in [2.45, 2.75) is 32.1 Å². The first-order chi connectivity index (χ1) is 8.16. The van der Waals surface area contributed by atoms with Crippen LogP contribution in [0.3, 0.4) is 0 Å². The van der Waals surface area contributed by atoms with Gasteiger partial charge in [-0.1, -0.05) is 0 Å². The lowest BCUT2D eigenvalue weighted by atomic mass is 10.1. The van der Waals surface area contributed by atoms with Gasteiger partial charge in [0.15, 0.2) is 0 Å². The molecule has 0 aliphatic rings. The molecule has 0 bridgehead atoms. The van der Waals surface area contributed by atoms with Crippen LogP contribution in [-0.4, -0.2) is 21.4 Å². The largest absolute Gasteiger partial charge is 0.398 e. The normalized spacial score (nSPS) is 12.1. The van der Waals surface area contributed by atoms with E-state index in [1.165, 1.54) is 0 Å². The quantitative estimate of drug-likeness (QED) is 0.824. The molecule has 0 aromatic heterocycles. The molecule has 0 heterocycles. The average molecular weight is 278 g/mol. The second kappa shape index (κ2) is 5.19. The SMILES string of the molecule is Cc1cc(N)c(C)c(S(=O)(=O)NCC(F)F)c1C. The number of hydrogen-bond donors (Lipinski definition) is 2. The van der Waals surface area contributed by atoms with Crippen LogP contribution in [0.2, 0.25) is 0 Å². The van der Waals surface area contributed by atoms with Crippen molar-refractivity contribution in [1.29, 1.82) is 0 Å². The summed E-state index contributed by atoms with van der Waals surface area (Å²) in [7, 11) is -3.97. The Balaban J connectivity index is 3.32. The number of sulfonamides is 1. The van der Waals surface area contributed by atoms with Crippen LogP contribution >= 0.6 is 0 Å². The Kier molecular flexibility index (Phi) is 4.28. The molecule has 0 radical (unpaired) electrons. The summed E-state index contributed by atoms with van der Waals surface area (Å²) >= 11 is 0. The summed E-state index contributed by atoms with van der Waals surface area (Å²) in [6, 6.07) is 1.66. The predicted octanol–water partition coefficient (Wildman–Crippen LogP) is 1.74. The minimum atomic E-state index is -3.97. The van der Waals surface area contributed by atoms with Gasteiger partial charge in [0.2, 0.25) is 10.0 Å². The van der Waals surface area contributed by atoms with Gasteiger partial charge in [0.05, 0.1) is 11.4 Å². The van der Waals surface area contributed by atoms with Gasteiger partial charge >= 0.3 is 0 Å². The van der Waals surface area contributed by atoms with Crippen molar-refractivity contribution in [2.24, 2.45) is 0 Å². The van der Waals surface area contributed by atoms with Crippen molar-refractivity contribution < 1.29 is 17.2 Å². The molecule has 0 saturated carbocycles. The van der Waals surface area contributed by atoms with Crippen molar-refractivity contribution in [3.05, 3.63) is 22.8 Å². The van der Waals surface area contributed by atoms with Crippen LogP contribution in [0.25, 0.3) is 0 Å². The summed E-state index contributed by atoms with van der Waals surface area (Å²) < 4.78 is 50.0. The zero-order chi connectivity index (χ0) is 14.1. The highest BCUT2D eigenvalue weighted by Crippen LogP contribution is 2.27. The lowest BCUT2D eigenvalue weighted by molar-refractivity contribution is 0.153. The van der Waals surface area contributed by atoms with Gasteiger partial charge < -0.3 is 5.73 Å². The monoisotopic (exact) mass is 278 g/mol. The lowest BCUT2D eigenvalue weighted by Crippen LogP contribution is -2.30. The number of halogens is 2. The number of nitrogens with two attached hydrogens (primary N) is 1. The third kappa shape index (κ3) is 2.97. The van der Waals surface area contributed by atoms with E-state index in [9.17, 15) is 17.2 Å². The maximum atomic E-state index is 12.1. The van der Waals surface area contributed by atoms with Crippen molar-refractivity contribution in [2.75, 3.05) is 12.3 Å². The summed E-state index contributed by atoms with van der Waals surface area (Å²) in [6.07, 6.45) is -2.73. The molecule has 0 fully saturated rings. The molecule has 1 aromatic carbocycles. The first kappa shape index (κ1) is 14.8. The van der Waals surface area contributed by atoms with E-state index in [-0.39, 0.29) is 4.90 Å². The van der Waals surface area contributed by atoms with Gasteiger partial charge in [-0.15, -0.1) is 0 Å². The number of benzene rings is 1. The molecule has 7 heteroatoms. The molecule has 0 aliphatic heterocycles. The molecule has 4 nitrogen and oxygen atoms in total. The second-order valence-electron chi connectivity index (χ2n) is 4.10. The Morgan fingerprint density at radius 2 is 1.83 bits per heavy atom.